The number of rotatable bonds is 2. The summed E-state index contributed by atoms with van der Waals surface area (Å²) >= 11 is -0.775. The van der Waals surface area contributed by atoms with Crippen molar-refractivity contribution >= 4 is 30.1 Å². The third-order valence-electron chi connectivity index (χ3n) is 0.183. The Balaban J connectivity index is 3.89. The summed E-state index contributed by atoms with van der Waals surface area (Å²) < 4.78 is 35.1. The molecule has 4 nitrogen and oxygen atoms in total. The van der Waals surface area contributed by atoms with Gasteiger partial charge in [0, 0.05) is 0 Å². The molecule has 0 saturated carbocycles. The van der Waals surface area contributed by atoms with E-state index < -0.39 is 7.90 Å². The maximum atomic E-state index is 9.79. The van der Waals surface area contributed by atoms with Crippen LogP contribution in [0.3, 0.4) is 0 Å². The average molecular weight is 162 g/mol. The Bertz CT molecular complexity index is 110. The van der Waals surface area contributed by atoms with Crippen LogP contribution in [0.4, 0.5) is 0 Å². The van der Waals surface area contributed by atoms with Crippen LogP contribution in [0.2, 0.25) is 0 Å². The highest BCUT2D eigenvalue weighted by Gasteiger charge is 2.07. The van der Waals surface area contributed by atoms with Gasteiger partial charge in [-0.1, -0.05) is 0 Å². The lowest BCUT2D eigenvalue weighted by Crippen LogP contribution is -1.80. The Hall–Kier alpha value is 0.570. The second-order valence-corrected chi connectivity index (χ2v) is 5.83. The molecule has 0 spiro atoms. The van der Waals surface area contributed by atoms with Crippen molar-refractivity contribution in [1.29, 1.82) is 0 Å². The minimum absolute atomic E-state index is 0.388. The monoisotopic (exact) mass is 162 g/mol. The summed E-state index contributed by atoms with van der Waals surface area (Å²) in [5, 5.41) is 0. The van der Waals surface area contributed by atoms with Gasteiger partial charge in [-0.05, 0) is 0 Å². The van der Waals surface area contributed by atoms with Gasteiger partial charge in [-0.15, -0.1) is 0 Å². The van der Waals surface area contributed by atoms with Crippen LogP contribution in [0.25, 0.3) is 0 Å². The summed E-state index contributed by atoms with van der Waals surface area (Å²) in [6.07, 6.45) is 0. The van der Waals surface area contributed by atoms with Crippen LogP contribution >= 0.6 is 22.1 Å². The normalized spacial score (nSPS) is 11.7. The molecular formula is H2O4S3. The Kier molecular flexibility index (Phi) is 3.00. The van der Waals surface area contributed by atoms with Crippen molar-refractivity contribution in [2.45, 2.75) is 0 Å². The molecule has 0 aromatic heterocycles. The molecule has 0 radical (unpaired) electrons. The summed E-state index contributed by atoms with van der Waals surface area (Å²) in [6.45, 7) is 0. The Morgan fingerprint density at radius 3 is 1.43 bits per heavy atom. The first-order chi connectivity index (χ1) is 3.12. The summed E-state index contributed by atoms with van der Waals surface area (Å²) in [7, 11) is -3.71. The zero-order chi connectivity index (χ0) is 5.91. The van der Waals surface area contributed by atoms with E-state index in [1.807, 2.05) is 0 Å². The predicted octanol–water partition coefficient (Wildman–Crippen LogP) is 0.644. The number of hydrogen-bond donors (Lipinski definition) is 2. The molecule has 0 bridgehead atoms. The second kappa shape index (κ2) is 2.78. The van der Waals surface area contributed by atoms with Gasteiger partial charge in [-0.25, -0.2) is 8.42 Å². The van der Waals surface area contributed by atoms with Gasteiger partial charge in [-0.3, -0.25) is 0 Å². The number of hydrogen-bond acceptors (Lipinski definition) is 6. The average Bonchev–Trinajstić information content (AvgIpc) is 1.68. The standard InChI is InChI=1S/H2O4S3/c1-5-7(3,4)6-2/h1-2H. The molecule has 2 N–H and O–H groups in total. The molecule has 0 amide bonds. The van der Waals surface area contributed by atoms with Crippen LogP contribution in [0.15, 0.2) is 0 Å². The molecule has 0 heterocycles. The first-order valence-corrected chi connectivity index (χ1v) is 5.10. The lowest BCUT2D eigenvalue weighted by atomic mass is 15.9. The van der Waals surface area contributed by atoms with Crippen molar-refractivity contribution in [2.75, 3.05) is 0 Å². The van der Waals surface area contributed by atoms with Crippen molar-refractivity contribution in [3.05, 3.63) is 0 Å². The van der Waals surface area contributed by atoms with E-state index in [1.54, 1.807) is 0 Å². The van der Waals surface area contributed by atoms with Crippen LogP contribution in [-0.2, 0) is 7.90 Å². The van der Waals surface area contributed by atoms with Crippen LogP contribution in [0, 0.1) is 0 Å². The Morgan fingerprint density at radius 1 is 1.14 bits per heavy atom. The molecule has 0 aromatic carbocycles. The van der Waals surface area contributed by atoms with Crippen LogP contribution in [-0.4, -0.2) is 17.5 Å². The summed E-state index contributed by atoms with van der Waals surface area (Å²) in [5.41, 5.74) is 0. The molecule has 0 rings (SSSR count). The van der Waals surface area contributed by atoms with Crippen LogP contribution < -0.4 is 0 Å². The molecule has 44 valence electrons. The van der Waals surface area contributed by atoms with Gasteiger partial charge >= 0.3 is 7.90 Å². The van der Waals surface area contributed by atoms with Gasteiger partial charge in [0.15, 0.2) is 0 Å². The molecule has 7 heavy (non-hydrogen) atoms. The lowest BCUT2D eigenvalue weighted by molar-refractivity contribution is 0.608. The predicted molar refractivity (Wildman–Crippen MR) is 29.4 cm³/mol. The summed E-state index contributed by atoms with van der Waals surface area (Å²) in [4.78, 5) is 0. The van der Waals surface area contributed by atoms with Gasteiger partial charge in [0.05, 0.1) is 0 Å². The molecule has 0 atom stereocenters. The van der Waals surface area contributed by atoms with Gasteiger partial charge in [0.25, 0.3) is 0 Å². The fourth-order valence-corrected chi connectivity index (χ4v) is 0.367. The van der Waals surface area contributed by atoms with E-state index in [9.17, 15) is 8.42 Å². The highest BCUT2D eigenvalue weighted by molar-refractivity contribution is 9.02. The van der Waals surface area contributed by atoms with E-state index in [-0.39, 0.29) is 22.1 Å². The van der Waals surface area contributed by atoms with Crippen LogP contribution in [0.5, 0.6) is 0 Å². The smallest absolute Gasteiger partial charge is 0.304 e. The molecule has 0 aromatic rings. The van der Waals surface area contributed by atoms with Gasteiger partial charge in [0.1, 0.15) is 22.1 Å². The molecule has 0 aliphatic heterocycles. The SMILES string of the molecule is O=S(=O)(SO)SO. The quantitative estimate of drug-likeness (QED) is 0.458. The minimum Gasteiger partial charge on any atom is -0.316 e. The topological polar surface area (TPSA) is 74.6 Å². The first kappa shape index (κ1) is 7.57. The van der Waals surface area contributed by atoms with Gasteiger partial charge < -0.3 is 9.11 Å². The zero-order valence-corrected chi connectivity index (χ0v) is 5.39. The minimum atomic E-state index is -3.71. The molecule has 0 aliphatic rings. The third kappa shape index (κ3) is 3.18. The van der Waals surface area contributed by atoms with E-state index in [0.717, 1.165) is 0 Å². The van der Waals surface area contributed by atoms with Crippen molar-refractivity contribution in [3.8, 4) is 0 Å². The van der Waals surface area contributed by atoms with E-state index in [1.165, 1.54) is 0 Å². The molecule has 7 heteroatoms. The third-order valence-corrected chi connectivity index (χ3v) is 2.74. The van der Waals surface area contributed by atoms with Gasteiger partial charge in [0.2, 0.25) is 0 Å². The van der Waals surface area contributed by atoms with Crippen molar-refractivity contribution in [1.82, 2.24) is 0 Å². The zero-order valence-electron chi connectivity index (χ0n) is 2.94. The largest absolute Gasteiger partial charge is 0.316 e. The Morgan fingerprint density at radius 2 is 1.43 bits per heavy atom. The van der Waals surface area contributed by atoms with E-state index in [0.29, 0.717) is 0 Å². The fourth-order valence-electron chi connectivity index (χ4n) is 0.0136. The van der Waals surface area contributed by atoms with Crippen molar-refractivity contribution in [2.24, 2.45) is 0 Å². The molecular weight excluding hydrogens is 160 g/mol. The lowest BCUT2D eigenvalue weighted by Gasteiger charge is -1.83. The van der Waals surface area contributed by atoms with Crippen molar-refractivity contribution in [3.63, 3.8) is 0 Å². The van der Waals surface area contributed by atoms with E-state index in [4.69, 9.17) is 9.11 Å². The van der Waals surface area contributed by atoms with E-state index in [2.05, 4.69) is 0 Å². The highest BCUT2D eigenvalue weighted by Crippen LogP contribution is 2.18. The Labute approximate surface area is 48.1 Å². The summed E-state index contributed by atoms with van der Waals surface area (Å²) in [5.74, 6) is 0. The molecule has 0 saturated heterocycles. The highest BCUT2D eigenvalue weighted by atomic mass is 33.5. The second-order valence-electron chi connectivity index (χ2n) is 0.557. The van der Waals surface area contributed by atoms with E-state index >= 15 is 0 Å². The molecule has 0 aliphatic carbocycles. The first-order valence-electron chi connectivity index (χ1n) is 1.03. The van der Waals surface area contributed by atoms with Gasteiger partial charge in [-0.2, -0.15) is 0 Å². The fraction of sp³-hybridized carbons (Fsp3) is 0. The summed E-state index contributed by atoms with van der Waals surface area (Å²) in [6, 6.07) is 0. The molecule has 0 unspecified atom stereocenters. The molecule has 0 fully saturated rings. The maximum Gasteiger partial charge on any atom is 0.304 e. The maximum absolute atomic E-state index is 9.79. The van der Waals surface area contributed by atoms with Crippen LogP contribution in [0.1, 0.15) is 0 Å². The van der Waals surface area contributed by atoms with Crippen molar-refractivity contribution < 1.29 is 17.5 Å².